The molecule has 27 heavy (non-hydrogen) atoms. The fraction of sp³-hybridized carbons (Fsp3) is 0.667. The first-order valence-electron chi connectivity index (χ1n) is 9.87. The molecule has 1 aliphatic rings. The molecule has 1 saturated carbocycles. The minimum Gasteiger partial charge on any atom is -0.444 e. The van der Waals surface area contributed by atoms with E-state index in [1.165, 1.54) is 0 Å². The molecule has 6 heteroatoms. The smallest absolute Gasteiger partial charge is 0.407 e. The summed E-state index contributed by atoms with van der Waals surface area (Å²) in [6, 6.07) is 1.85. The highest BCUT2D eigenvalue weighted by Gasteiger charge is 2.29. The van der Waals surface area contributed by atoms with Gasteiger partial charge in [-0.15, -0.1) is 0 Å². The fourth-order valence-corrected chi connectivity index (χ4v) is 2.95. The van der Waals surface area contributed by atoms with E-state index in [2.05, 4.69) is 15.6 Å². The summed E-state index contributed by atoms with van der Waals surface area (Å²) in [6.07, 6.45) is 4.55. The summed E-state index contributed by atoms with van der Waals surface area (Å²) in [7, 11) is 0. The number of carbonyl (C=O) groups is 2. The van der Waals surface area contributed by atoms with Gasteiger partial charge in [-0.1, -0.05) is 20.3 Å². The first-order chi connectivity index (χ1) is 12.6. The van der Waals surface area contributed by atoms with Gasteiger partial charge in [-0.3, -0.25) is 4.79 Å². The van der Waals surface area contributed by atoms with Crippen LogP contribution in [-0.2, 0) is 9.53 Å². The summed E-state index contributed by atoms with van der Waals surface area (Å²) in [6.45, 7) is 13.5. The van der Waals surface area contributed by atoms with E-state index in [1.807, 2.05) is 54.5 Å². The Morgan fingerprint density at radius 2 is 1.85 bits per heavy atom. The fourth-order valence-electron chi connectivity index (χ4n) is 2.95. The number of hydrogen-bond acceptors (Lipinski definition) is 4. The number of nitrogens with zero attached hydrogens (tertiary/aromatic N) is 1. The quantitative estimate of drug-likeness (QED) is 0.750. The summed E-state index contributed by atoms with van der Waals surface area (Å²) in [5, 5.41) is 5.78. The second-order valence-corrected chi connectivity index (χ2v) is 7.85. The largest absolute Gasteiger partial charge is 0.444 e. The van der Waals surface area contributed by atoms with Crippen LogP contribution in [0.2, 0.25) is 0 Å². The van der Waals surface area contributed by atoms with E-state index in [9.17, 15) is 9.59 Å². The third-order valence-electron chi connectivity index (χ3n) is 4.39. The second-order valence-electron chi connectivity index (χ2n) is 7.85. The number of pyridine rings is 1. The highest BCUT2D eigenvalue weighted by atomic mass is 16.6. The molecule has 2 N–H and O–H groups in total. The van der Waals surface area contributed by atoms with Gasteiger partial charge in [-0.2, -0.15) is 0 Å². The lowest BCUT2D eigenvalue weighted by atomic mass is 9.85. The summed E-state index contributed by atoms with van der Waals surface area (Å²) < 4.78 is 5.30. The molecule has 0 saturated heterocycles. The number of nitrogens with one attached hydrogen (secondary N) is 2. The van der Waals surface area contributed by atoms with E-state index in [4.69, 9.17) is 4.74 Å². The number of rotatable bonds is 3. The van der Waals surface area contributed by atoms with Crippen LogP contribution in [0.15, 0.2) is 12.3 Å². The van der Waals surface area contributed by atoms with E-state index < -0.39 is 11.7 Å². The second kappa shape index (κ2) is 10.3. The molecule has 0 spiro atoms. The monoisotopic (exact) mass is 381 g/mol. The zero-order valence-corrected chi connectivity index (χ0v) is 17.8. The van der Waals surface area contributed by atoms with Crippen LogP contribution in [0.25, 0.3) is 0 Å². The van der Waals surface area contributed by atoms with Crippen LogP contribution in [0.1, 0.15) is 74.3 Å². The SMILES string of the molecule is CC.Cc1cnc(NC(=O)[C@H]2CCC[C@@H](NC(=O)OC(C)(C)C)C2)cc1C.[HH].[HH]. The maximum absolute atomic E-state index is 12.5. The van der Waals surface area contributed by atoms with E-state index in [1.54, 1.807) is 6.20 Å². The molecule has 1 aromatic heterocycles. The molecule has 0 radical (unpaired) electrons. The Hall–Kier alpha value is -2.11. The van der Waals surface area contributed by atoms with Gasteiger partial charge < -0.3 is 15.4 Å². The Morgan fingerprint density at radius 1 is 1.19 bits per heavy atom. The van der Waals surface area contributed by atoms with Crippen molar-refractivity contribution in [1.29, 1.82) is 0 Å². The summed E-state index contributed by atoms with van der Waals surface area (Å²) in [5.74, 6) is 0.416. The molecule has 2 rings (SSSR count). The standard InChI is InChI=1S/C19H29N3O3.C2H6.2H2/c1-12-9-16(20-11-13(12)2)22-17(23)14-7-6-8-15(10-14)21-18(24)25-19(3,4)5;1-2;;/h9,11,14-15H,6-8,10H2,1-5H3,(H,21,24)(H,20,22,23);1-2H3;2*1H/t14-,15+;;;/m0.../s1. The molecule has 0 aliphatic heterocycles. The number of carbonyl (C=O) groups excluding carboxylic acids is 2. The number of amides is 2. The van der Waals surface area contributed by atoms with Crippen LogP contribution in [0.4, 0.5) is 10.6 Å². The van der Waals surface area contributed by atoms with Crippen molar-refractivity contribution < 1.29 is 17.2 Å². The summed E-state index contributed by atoms with van der Waals surface area (Å²) in [5.41, 5.74) is 1.67. The lowest BCUT2D eigenvalue weighted by molar-refractivity contribution is -0.121. The normalized spacial score (nSPS) is 19.4. The molecular formula is C21H39N3O3. The van der Waals surface area contributed by atoms with Crippen LogP contribution < -0.4 is 10.6 Å². The number of hydrogen-bond donors (Lipinski definition) is 2. The Kier molecular flexibility index (Phi) is 8.73. The lowest BCUT2D eigenvalue weighted by Crippen LogP contribution is -2.43. The van der Waals surface area contributed by atoms with Crippen LogP contribution in [-0.4, -0.2) is 28.6 Å². The van der Waals surface area contributed by atoms with Gasteiger partial charge in [0.2, 0.25) is 5.91 Å². The Bertz CT molecular complexity index is 649. The number of anilines is 1. The molecule has 1 fully saturated rings. The molecule has 2 amide bonds. The average molecular weight is 382 g/mol. The number of aryl methyl sites for hydroxylation is 2. The van der Waals surface area contributed by atoms with Gasteiger partial charge in [0.05, 0.1) is 0 Å². The molecule has 156 valence electrons. The maximum atomic E-state index is 12.5. The molecule has 0 unspecified atom stereocenters. The van der Waals surface area contributed by atoms with Crippen LogP contribution in [0.5, 0.6) is 0 Å². The number of aromatic nitrogens is 1. The van der Waals surface area contributed by atoms with Gasteiger partial charge in [0, 0.05) is 21.0 Å². The van der Waals surface area contributed by atoms with E-state index in [0.717, 1.165) is 30.4 Å². The van der Waals surface area contributed by atoms with Gasteiger partial charge in [-0.25, -0.2) is 9.78 Å². The molecule has 2 atom stereocenters. The Morgan fingerprint density at radius 3 is 2.44 bits per heavy atom. The van der Waals surface area contributed by atoms with Gasteiger partial charge in [0.1, 0.15) is 11.4 Å². The minimum atomic E-state index is -0.523. The predicted molar refractivity (Wildman–Crippen MR) is 113 cm³/mol. The third kappa shape index (κ3) is 7.97. The van der Waals surface area contributed by atoms with Crippen molar-refractivity contribution >= 4 is 17.8 Å². The van der Waals surface area contributed by atoms with Crippen LogP contribution in [0.3, 0.4) is 0 Å². The zero-order valence-electron chi connectivity index (χ0n) is 17.8. The van der Waals surface area contributed by atoms with Crippen molar-refractivity contribution in [3.05, 3.63) is 23.4 Å². The highest BCUT2D eigenvalue weighted by molar-refractivity contribution is 5.91. The molecule has 0 aromatic carbocycles. The molecule has 1 aliphatic carbocycles. The average Bonchev–Trinajstić information content (AvgIpc) is 2.58. The molecule has 0 bridgehead atoms. The van der Waals surface area contributed by atoms with Gasteiger partial charge in [0.15, 0.2) is 0 Å². The van der Waals surface area contributed by atoms with E-state index >= 15 is 0 Å². The summed E-state index contributed by atoms with van der Waals surface area (Å²) in [4.78, 5) is 28.7. The van der Waals surface area contributed by atoms with Crippen molar-refractivity contribution in [3.63, 3.8) is 0 Å². The van der Waals surface area contributed by atoms with E-state index in [-0.39, 0.29) is 20.7 Å². The molecule has 6 nitrogen and oxygen atoms in total. The molecular weight excluding hydrogens is 342 g/mol. The van der Waals surface area contributed by atoms with Crippen LogP contribution >= 0.6 is 0 Å². The molecule has 1 aromatic rings. The zero-order chi connectivity index (χ0) is 20.6. The first-order valence-corrected chi connectivity index (χ1v) is 9.87. The van der Waals surface area contributed by atoms with Gasteiger partial charge in [-0.05, 0) is 71.1 Å². The highest BCUT2D eigenvalue weighted by Crippen LogP contribution is 2.26. The van der Waals surface area contributed by atoms with E-state index in [0.29, 0.717) is 12.2 Å². The van der Waals surface area contributed by atoms with Crippen molar-refractivity contribution in [1.82, 2.24) is 10.3 Å². The minimum absolute atomic E-state index is 0. The van der Waals surface area contributed by atoms with Crippen molar-refractivity contribution in [2.75, 3.05) is 5.32 Å². The van der Waals surface area contributed by atoms with Crippen molar-refractivity contribution in [2.24, 2.45) is 5.92 Å². The third-order valence-corrected chi connectivity index (χ3v) is 4.39. The topological polar surface area (TPSA) is 80.3 Å². The lowest BCUT2D eigenvalue weighted by Gasteiger charge is -2.30. The van der Waals surface area contributed by atoms with Crippen LogP contribution in [0, 0.1) is 19.8 Å². The first kappa shape index (κ1) is 22.9. The van der Waals surface area contributed by atoms with Crippen molar-refractivity contribution in [3.8, 4) is 0 Å². The molecule has 1 heterocycles. The van der Waals surface area contributed by atoms with Gasteiger partial charge in [0.25, 0.3) is 0 Å². The number of alkyl carbamates (subject to hydrolysis) is 1. The number of ether oxygens (including phenoxy) is 1. The Balaban J connectivity index is 0. The van der Waals surface area contributed by atoms with Gasteiger partial charge >= 0.3 is 6.09 Å². The predicted octanol–water partition coefficient (Wildman–Crippen LogP) is 5.24. The van der Waals surface area contributed by atoms with Crippen molar-refractivity contribution in [2.45, 2.75) is 85.8 Å². The Labute approximate surface area is 166 Å². The summed E-state index contributed by atoms with van der Waals surface area (Å²) >= 11 is 0. The maximum Gasteiger partial charge on any atom is 0.407 e.